The number of aromatic nitrogens is 1. The van der Waals surface area contributed by atoms with Crippen LogP contribution in [0.3, 0.4) is 0 Å². The van der Waals surface area contributed by atoms with E-state index < -0.39 is 10.1 Å². The SMILES string of the molecule is Cc1cc2c3c(c1)c(OS(=O)(=O)c1ccc(C(C)C)cc1)c(-c1ccccc1)c(=O)n3CCC2. The van der Waals surface area contributed by atoms with E-state index in [9.17, 15) is 13.2 Å². The maximum absolute atomic E-state index is 13.7. The zero-order valence-electron chi connectivity index (χ0n) is 19.5. The summed E-state index contributed by atoms with van der Waals surface area (Å²) in [6, 6.07) is 19.9. The van der Waals surface area contributed by atoms with Crippen molar-refractivity contribution in [3.05, 3.63) is 93.8 Å². The van der Waals surface area contributed by atoms with Crippen LogP contribution in [-0.2, 0) is 23.1 Å². The van der Waals surface area contributed by atoms with Gasteiger partial charge in [0.15, 0.2) is 5.75 Å². The Kier molecular flexibility index (Phi) is 5.56. The number of pyridine rings is 1. The third kappa shape index (κ3) is 3.82. The lowest BCUT2D eigenvalue weighted by Crippen LogP contribution is -2.27. The largest absolute Gasteiger partial charge is 0.377 e. The molecule has 0 fully saturated rings. The third-order valence-corrected chi connectivity index (χ3v) is 7.69. The molecule has 0 aliphatic carbocycles. The van der Waals surface area contributed by atoms with Crippen molar-refractivity contribution in [1.82, 2.24) is 4.57 Å². The highest BCUT2D eigenvalue weighted by Crippen LogP contribution is 2.39. The van der Waals surface area contributed by atoms with Gasteiger partial charge in [0.1, 0.15) is 4.90 Å². The van der Waals surface area contributed by atoms with Crippen molar-refractivity contribution < 1.29 is 12.6 Å². The van der Waals surface area contributed by atoms with E-state index in [1.165, 1.54) is 0 Å². The first kappa shape index (κ1) is 22.4. The average Bonchev–Trinajstić information content (AvgIpc) is 2.82. The average molecular weight is 474 g/mol. The predicted octanol–water partition coefficient (Wildman–Crippen LogP) is 5.81. The van der Waals surface area contributed by atoms with Crippen LogP contribution in [0.1, 0.15) is 42.9 Å². The Bertz CT molecular complexity index is 1550. The van der Waals surface area contributed by atoms with Gasteiger partial charge in [0.05, 0.1) is 11.1 Å². The van der Waals surface area contributed by atoms with E-state index in [0.29, 0.717) is 17.5 Å². The number of rotatable bonds is 5. The first-order chi connectivity index (χ1) is 16.3. The van der Waals surface area contributed by atoms with Crippen LogP contribution in [0.25, 0.3) is 22.0 Å². The first-order valence-electron chi connectivity index (χ1n) is 11.6. The number of benzene rings is 3. The zero-order valence-corrected chi connectivity index (χ0v) is 20.4. The minimum absolute atomic E-state index is 0.0632. The molecular weight excluding hydrogens is 446 g/mol. The highest BCUT2D eigenvalue weighted by atomic mass is 32.2. The minimum atomic E-state index is -4.17. The van der Waals surface area contributed by atoms with Crippen LogP contribution in [0.4, 0.5) is 0 Å². The van der Waals surface area contributed by atoms with Gasteiger partial charge in [-0.15, -0.1) is 0 Å². The van der Waals surface area contributed by atoms with E-state index >= 15 is 0 Å². The summed E-state index contributed by atoms with van der Waals surface area (Å²) in [4.78, 5) is 13.8. The Balaban J connectivity index is 1.78. The van der Waals surface area contributed by atoms with Crippen molar-refractivity contribution >= 4 is 21.0 Å². The van der Waals surface area contributed by atoms with Crippen molar-refractivity contribution in [3.8, 4) is 16.9 Å². The van der Waals surface area contributed by atoms with Gasteiger partial charge in [-0.2, -0.15) is 8.42 Å². The molecule has 4 aromatic rings. The molecule has 1 aliphatic heterocycles. The maximum Gasteiger partial charge on any atom is 0.339 e. The Morgan fingerprint density at radius 3 is 2.35 bits per heavy atom. The molecule has 0 unspecified atom stereocenters. The second-order valence-electron chi connectivity index (χ2n) is 9.21. The van der Waals surface area contributed by atoms with E-state index in [4.69, 9.17) is 4.18 Å². The van der Waals surface area contributed by atoms with Crippen LogP contribution in [0.5, 0.6) is 5.75 Å². The molecule has 0 atom stereocenters. The van der Waals surface area contributed by atoms with Crippen LogP contribution in [0.15, 0.2) is 76.4 Å². The predicted molar refractivity (Wildman–Crippen MR) is 135 cm³/mol. The topological polar surface area (TPSA) is 65.4 Å². The Morgan fingerprint density at radius 1 is 0.971 bits per heavy atom. The lowest BCUT2D eigenvalue weighted by atomic mass is 9.95. The molecule has 0 N–H and O–H groups in total. The second-order valence-corrected chi connectivity index (χ2v) is 10.8. The van der Waals surface area contributed by atoms with Gasteiger partial charge in [0, 0.05) is 11.9 Å². The van der Waals surface area contributed by atoms with Crippen LogP contribution in [-0.4, -0.2) is 13.0 Å². The molecule has 0 spiro atoms. The molecule has 2 heterocycles. The van der Waals surface area contributed by atoms with Crippen molar-refractivity contribution in [2.24, 2.45) is 0 Å². The fourth-order valence-electron chi connectivity index (χ4n) is 4.77. The number of aryl methyl sites for hydroxylation is 3. The number of hydrogen-bond acceptors (Lipinski definition) is 4. The molecule has 0 amide bonds. The summed E-state index contributed by atoms with van der Waals surface area (Å²) in [5, 5.41) is 0.649. The van der Waals surface area contributed by atoms with Crippen LogP contribution in [0.2, 0.25) is 0 Å². The van der Waals surface area contributed by atoms with Gasteiger partial charge >= 0.3 is 10.1 Å². The number of nitrogens with zero attached hydrogens (tertiary/aromatic N) is 1. The van der Waals surface area contributed by atoms with E-state index in [-0.39, 0.29) is 27.7 Å². The van der Waals surface area contributed by atoms with E-state index in [1.54, 1.807) is 28.8 Å². The van der Waals surface area contributed by atoms with Crippen molar-refractivity contribution in [3.63, 3.8) is 0 Å². The summed E-state index contributed by atoms with van der Waals surface area (Å²) in [5.74, 6) is 0.382. The summed E-state index contributed by atoms with van der Waals surface area (Å²) < 4.78 is 34.5. The summed E-state index contributed by atoms with van der Waals surface area (Å²) in [5.41, 5.74) is 4.52. The fraction of sp³-hybridized carbons (Fsp3) is 0.250. The molecule has 0 saturated heterocycles. The second kappa shape index (κ2) is 8.44. The van der Waals surface area contributed by atoms with Crippen LogP contribution < -0.4 is 9.74 Å². The lowest BCUT2D eigenvalue weighted by Gasteiger charge is -2.24. The molecule has 5 nitrogen and oxygen atoms in total. The maximum atomic E-state index is 13.7. The van der Waals surface area contributed by atoms with E-state index in [1.807, 2.05) is 43.3 Å². The molecule has 34 heavy (non-hydrogen) atoms. The molecule has 0 bridgehead atoms. The monoisotopic (exact) mass is 473 g/mol. The lowest BCUT2D eigenvalue weighted by molar-refractivity contribution is 0.487. The van der Waals surface area contributed by atoms with Crippen LogP contribution in [0, 0.1) is 6.92 Å². The van der Waals surface area contributed by atoms with Crippen molar-refractivity contribution in [2.75, 3.05) is 0 Å². The van der Waals surface area contributed by atoms with Gasteiger partial charge in [-0.3, -0.25) is 4.79 Å². The Morgan fingerprint density at radius 2 is 1.68 bits per heavy atom. The molecule has 6 heteroatoms. The van der Waals surface area contributed by atoms with Gasteiger partial charge in [-0.05, 0) is 66.1 Å². The quantitative estimate of drug-likeness (QED) is 0.343. The molecule has 1 aliphatic rings. The zero-order chi connectivity index (χ0) is 24.0. The summed E-state index contributed by atoms with van der Waals surface area (Å²) >= 11 is 0. The highest BCUT2D eigenvalue weighted by molar-refractivity contribution is 7.87. The number of hydrogen-bond donors (Lipinski definition) is 0. The summed E-state index contributed by atoms with van der Waals surface area (Å²) in [7, 11) is -4.17. The normalized spacial score (nSPS) is 13.4. The molecule has 1 aromatic heterocycles. The fourth-order valence-corrected chi connectivity index (χ4v) is 5.73. The van der Waals surface area contributed by atoms with Gasteiger partial charge in [-0.25, -0.2) is 0 Å². The Hall–Kier alpha value is -3.38. The van der Waals surface area contributed by atoms with Crippen molar-refractivity contribution in [2.45, 2.75) is 51.0 Å². The first-order valence-corrected chi connectivity index (χ1v) is 13.0. The molecular formula is C28H27NO4S. The van der Waals surface area contributed by atoms with Gasteiger partial charge < -0.3 is 8.75 Å². The smallest absolute Gasteiger partial charge is 0.339 e. The van der Waals surface area contributed by atoms with Gasteiger partial charge in [0.2, 0.25) is 0 Å². The van der Waals surface area contributed by atoms with Crippen LogP contribution >= 0.6 is 0 Å². The molecule has 174 valence electrons. The highest BCUT2D eigenvalue weighted by Gasteiger charge is 2.28. The van der Waals surface area contributed by atoms with E-state index in [2.05, 4.69) is 19.9 Å². The van der Waals surface area contributed by atoms with Gasteiger partial charge in [0.25, 0.3) is 5.56 Å². The molecule has 3 aromatic carbocycles. The summed E-state index contributed by atoms with van der Waals surface area (Å²) in [6.07, 6.45) is 1.70. The molecule has 0 saturated carbocycles. The third-order valence-electron chi connectivity index (χ3n) is 6.45. The molecule has 0 radical (unpaired) electrons. The van der Waals surface area contributed by atoms with Crippen molar-refractivity contribution in [1.29, 1.82) is 0 Å². The van der Waals surface area contributed by atoms with Gasteiger partial charge in [-0.1, -0.05) is 62.4 Å². The standard InChI is InChI=1S/C28H27NO4S/c1-18(2)20-11-13-23(14-12-20)34(31,32)33-27-24-17-19(3)16-22-10-7-15-29(26(22)24)28(30)25(27)21-8-5-4-6-9-21/h4-6,8-9,11-14,16-18H,7,10,15H2,1-3H3. The minimum Gasteiger partial charge on any atom is -0.377 e. The summed E-state index contributed by atoms with van der Waals surface area (Å²) in [6.45, 7) is 6.68. The molecule has 5 rings (SSSR count). The Labute approximate surface area is 199 Å². The van der Waals surface area contributed by atoms with E-state index in [0.717, 1.165) is 35.0 Å².